The van der Waals surface area contributed by atoms with Gasteiger partial charge in [-0.1, -0.05) is 24.3 Å². The maximum absolute atomic E-state index is 12.1. The number of rotatable bonds is 3. The maximum Gasteiger partial charge on any atom is 0.258 e. The molecule has 3 rings (SSSR count). The van der Waals surface area contributed by atoms with E-state index in [1.54, 1.807) is 0 Å². The van der Waals surface area contributed by atoms with Crippen LogP contribution in [-0.4, -0.2) is 28.9 Å². The largest absolute Gasteiger partial charge is 0.355 e. The number of likely N-dealkylation sites (tertiary alicyclic amines) is 1. The number of nitrogens with two attached hydrogens (primary N) is 1. The third kappa shape index (κ3) is 2.15. The summed E-state index contributed by atoms with van der Waals surface area (Å²) in [5, 5.41) is 0. The molecule has 1 aromatic carbocycles. The first-order valence-electron chi connectivity index (χ1n) is 6.47. The van der Waals surface area contributed by atoms with E-state index in [0.29, 0.717) is 25.9 Å². The van der Waals surface area contributed by atoms with E-state index in [9.17, 15) is 9.59 Å². The van der Waals surface area contributed by atoms with Crippen LogP contribution in [0.15, 0.2) is 24.3 Å². The van der Waals surface area contributed by atoms with Gasteiger partial charge in [-0.2, -0.15) is 0 Å². The van der Waals surface area contributed by atoms with Crippen LogP contribution >= 0.6 is 0 Å². The van der Waals surface area contributed by atoms with Gasteiger partial charge in [-0.05, 0) is 24.0 Å². The summed E-state index contributed by atoms with van der Waals surface area (Å²) >= 11 is 0. The molecule has 2 atom stereocenters. The van der Waals surface area contributed by atoms with Crippen molar-refractivity contribution >= 4 is 11.8 Å². The molecular formula is C14H16N2O3. The number of ether oxygens (including phenoxy) is 1. The first-order chi connectivity index (χ1) is 9.19. The van der Waals surface area contributed by atoms with Crippen LogP contribution in [0.25, 0.3) is 0 Å². The van der Waals surface area contributed by atoms with E-state index >= 15 is 0 Å². The Hall–Kier alpha value is -1.72. The van der Waals surface area contributed by atoms with E-state index < -0.39 is 12.2 Å². The van der Waals surface area contributed by atoms with Crippen molar-refractivity contribution in [3.8, 4) is 0 Å². The van der Waals surface area contributed by atoms with Gasteiger partial charge in [0, 0.05) is 6.54 Å². The van der Waals surface area contributed by atoms with Crippen molar-refractivity contribution in [2.45, 2.75) is 38.1 Å². The highest BCUT2D eigenvalue weighted by molar-refractivity contribution is 6.02. The standard InChI is InChI=1S/C14H16N2O3/c15-7-9-2-1-3-10(6-9)8-16-13(17)11-4-5-12(19-11)14(16)18/h1-3,6,11-12H,4-5,7-8,15H2. The molecule has 5 nitrogen and oxygen atoms in total. The molecule has 2 saturated heterocycles. The lowest BCUT2D eigenvalue weighted by Gasteiger charge is -2.30. The van der Waals surface area contributed by atoms with Crippen LogP contribution in [0.3, 0.4) is 0 Å². The van der Waals surface area contributed by atoms with Gasteiger partial charge in [-0.25, -0.2) is 0 Å². The lowest BCUT2D eigenvalue weighted by atomic mass is 10.1. The molecule has 2 heterocycles. The van der Waals surface area contributed by atoms with Crippen LogP contribution in [0.2, 0.25) is 0 Å². The molecule has 2 aliphatic rings. The van der Waals surface area contributed by atoms with Gasteiger partial charge < -0.3 is 10.5 Å². The third-order valence-corrected chi connectivity index (χ3v) is 3.67. The molecule has 0 aliphatic carbocycles. The normalized spacial score (nSPS) is 26.1. The molecule has 19 heavy (non-hydrogen) atoms. The molecule has 2 unspecified atom stereocenters. The van der Waals surface area contributed by atoms with Crippen molar-refractivity contribution in [1.29, 1.82) is 0 Å². The minimum Gasteiger partial charge on any atom is -0.355 e. The second-order valence-electron chi connectivity index (χ2n) is 4.98. The zero-order chi connectivity index (χ0) is 13.4. The number of amides is 2. The van der Waals surface area contributed by atoms with E-state index in [1.165, 1.54) is 4.90 Å². The molecular weight excluding hydrogens is 244 g/mol. The monoisotopic (exact) mass is 260 g/mol. The van der Waals surface area contributed by atoms with Crippen molar-refractivity contribution in [3.05, 3.63) is 35.4 Å². The lowest BCUT2D eigenvalue weighted by Crippen LogP contribution is -2.51. The van der Waals surface area contributed by atoms with Crippen LogP contribution in [-0.2, 0) is 27.4 Å². The molecule has 0 radical (unpaired) electrons. The molecule has 2 amide bonds. The summed E-state index contributed by atoms with van der Waals surface area (Å²) < 4.78 is 5.37. The second-order valence-corrected chi connectivity index (χ2v) is 4.98. The van der Waals surface area contributed by atoms with E-state index in [1.807, 2.05) is 24.3 Å². The molecule has 100 valence electrons. The molecule has 0 saturated carbocycles. The predicted octanol–water partition coefficient (Wildman–Crippen LogP) is 0.562. The zero-order valence-corrected chi connectivity index (χ0v) is 10.5. The number of morpholine rings is 1. The quantitative estimate of drug-likeness (QED) is 0.806. The van der Waals surface area contributed by atoms with Gasteiger partial charge in [-0.3, -0.25) is 14.5 Å². The van der Waals surface area contributed by atoms with Crippen LogP contribution < -0.4 is 5.73 Å². The van der Waals surface area contributed by atoms with Crippen molar-refractivity contribution in [1.82, 2.24) is 4.90 Å². The summed E-state index contributed by atoms with van der Waals surface area (Å²) in [4.78, 5) is 25.5. The highest BCUT2D eigenvalue weighted by atomic mass is 16.5. The van der Waals surface area contributed by atoms with Gasteiger partial charge in [0.2, 0.25) is 0 Å². The van der Waals surface area contributed by atoms with Crippen molar-refractivity contribution in [3.63, 3.8) is 0 Å². The lowest BCUT2D eigenvalue weighted by molar-refractivity contribution is -0.169. The van der Waals surface area contributed by atoms with Gasteiger partial charge in [0.25, 0.3) is 11.8 Å². The maximum atomic E-state index is 12.1. The van der Waals surface area contributed by atoms with Crippen molar-refractivity contribution < 1.29 is 14.3 Å². The Morgan fingerprint density at radius 2 is 1.79 bits per heavy atom. The first kappa shape index (κ1) is 12.3. The minimum absolute atomic E-state index is 0.211. The number of carbonyl (C=O) groups excluding carboxylic acids is 2. The van der Waals surface area contributed by atoms with Gasteiger partial charge in [0.1, 0.15) is 12.2 Å². The highest BCUT2D eigenvalue weighted by Crippen LogP contribution is 2.29. The Morgan fingerprint density at radius 1 is 1.16 bits per heavy atom. The van der Waals surface area contributed by atoms with Crippen molar-refractivity contribution in [2.75, 3.05) is 0 Å². The predicted molar refractivity (Wildman–Crippen MR) is 67.8 cm³/mol. The van der Waals surface area contributed by atoms with Crippen LogP contribution in [0, 0.1) is 0 Å². The number of hydrogen-bond acceptors (Lipinski definition) is 4. The number of nitrogens with zero attached hydrogens (tertiary/aromatic N) is 1. The average Bonchev–Trinajstić information content (AvgIpc) is 2.89. The van der Waals surface area contributed by atoms with E-state index in [4.69, 9.17) is 10.5 Å². The van der Waals surface area contributed by atoms with E-state index in [-0.39, 0.29) is 11.8 Å². The molecule has 0 aromatic heterocycles. The molecule has 5 heteroatoms. The Kier molecular flexibility index (Phi) is 3.08. The summed E-state index contributed by atoms with van der Waals surface area (Å²) in [6.45, 7) is 0.756. The molecule has 2 fully saturated rings. The number of fused-ring (bicyclic) bond motifs is 2. The average molecular weight is 260 g/mol. The third-order valence-electron chi connectivity index (χ3n) is 3.67. The van der Waals surface area contributed by atoms with Crippen LogP contribution in [0.1, 0.15) is 24.0 Å². The fourth-order valence-electron chi connectivity index (χ4n) is 2.65. The number of benzene rings is 1. The SMILES string of the molecule is NCc1cccc(CN2C(=O)C3CCC(O3)C2=O)c1. The minimum atomic E-state index is -0.430. The Morgan fingerprint density at radius 3 is 2.42 bits per heavy atom. The molecule has 2 N–H and O–H groups in total. The number of hydrogen-bond donors (Lipinski definition) is 1. The van der Waals surface area contributed by atoms with E-state index in [0.717, 1.165) is 11.1 Å². The van der Waals surface area contributed by atoms with Gasteiger partial charge in [-0.15, -0.1) is 0 Å². The highest BCUT2D eigenvalue weighted by Gasteiger charge is 2.46. The first-order valence-corrected chi connectivity index (χ1v) is 6.47. The van der Waals surface area contributed by atoms with Crippen molar-refractivity contribution in [2.24, 2.45) is 5.73 Å². The summed E-state index contributed by atoms with van der Waals surface area (Å²) in [5.41, 5.74) is 7.51. The summed E-state index contributed by atoms with van der Waals surface area (Å²) in [6.07, 6.45) is 0.434. The van der Waals surface area contributed by atoms with Crippen LogP contribution in [0.4, 0.5) is 0 Å². The fraction of sp³-hybridized carbons (Fsp3) is 0.429. The Labute approximate surface area is 111 Å². The fourth-order valence-corrected chi connectivity index (χ4v) is 2.65. The topological polar surface area (TPSA) is 72.6 Å². The molecule has 1 aromatic rings. The van der Waals surface area contributed by atoms with Gasteiger partial charge >= 0.3 is 0 Å². The Balaban J connectivity index is 1.81. The number of carbonyl (C=O) groups is 2. The smallest absolute Gasteiger partial charge is 0.258 e. The Bertz CT molecular complexity index is 507. The summed E-state index contributed by atoms with van der Waals surface area (Å²) in [7, 11) is 0. The van der Waals surface area contributed by atoms with Crippen LogP contribution in [0.5, 0.6) is 0 Å². The summed E-state index contributed by atoms with van der Waals surface area (Å²) in [6, 6.07) is 7.65. The molecule has 0 spiro atoms. The summed E-state index contributed by atoms with van der Waals surface area (Å²) in [5.74, 6) is -0.422. The molecule has 2 bridgehead atoms. The molecule has 2 aliphatic heterocycles. The second kappa shape index (κ2) is 4.75. The van der Waals surface area contributed by atoms with E-state index in [2.05, 4.69) is 0 Å². The van der Waals surface area contributed by atoms with Gasteiger partial charge in [0.15, 0.2) is 0 Å². The van der Waals surface area contributed by atoms with Gasteiger partial charge in [0.05, 0.1) is 6.54 Å². The number of imide groups is 1. The zero-order valence-electron chi connectivity index (χ0n) is 10.5.